The fourth-order valence-electron chi connectivity index (χ4n) is 2.33. The summed E-state index contributed by atoms with van der Waals surface area (Å²) < 4.78 is 16.6. The highest BCUT2D eigenvalue weighted by Crippen LogP contribution is 2.11. The Morgan fingerprint density at radius 1 is 1.24 bits per heavy atom. The van der Waals surface area contributed by atoms with Crippen LogP contribution in [0.1, 0.15) is 16.2 Å². The number of aromatic nitrogens is 6. The van der Waals surface area contributed by atoms with Gasteiger partial charge in [0.1, 0.15) is 5.82 Å². The number of carbonyl (C=O) groups is 1. The van der Waals surface area contributed by atoms with Crippen molar-refractivity contribution in [3.63, 3.8) is 0 Å². The summed E-state index contributed by atoms with van der Waals surface area (Å²) in [5, 5.41) is 10.8. The van der Waals surface area contributed by atoms with E-state index in [-0.39, 0.29) is 18.2 Å². The molecule has 0 atom stereocenters. The zero-order valence-corrected chi connectivity index (χ0v) is 12.9. The van der Waals surface area contributed by atoms with Crippen molar-refractivity contribution in [2.75, 3.05) is 5.32 Å². The Morgan fingerprint density at radius 3 is 2.96 bits per heavy atom. The minimum absolute atomic E-state index is 0.000513. The molecule has 1 amide bonds. The topological polar surface area (TPSA) is 90.0 Å². The minimum Gasteiger partial charge on any atom is -0.316 e. The number of nitrogens with zero attached hydrogens (tertiary/aromatic N) is 6. The molecule has 1 aromatic carbocycles. The van der Waals surface area contributed by atoms with E-state index in [1.54, 1.807) is 42.9 Å². The second-order valence-electron chi connectivity index (χ2n) is 5.27. The second kappa shape index (κ2) is 6.11. The molecule has 0 radical (unpaired) electrons. The average molecular weight is 337 g/mol. The molecule has 0 unspecified atom stereocenters. The average Bonchev–Trinajstić information content (AvgIpc) is 3.23. The van der Waals surface area contributed by atoms with Crippen LogP contribution in [-0.4, -0.2) is 35.3 Å². The smallest absolute Gasteiger partial charge is 0.295 e. The van der Waals surface area contributed by atoms with Gasteiger partial charge in [-0.25, -0.2) is 13.9 Å². The predicted molar refractivity (Wildman–Crippen MR) is 86.5 cm³/mol. The highest BCUT2D eigenvalue weighted by molar-refractivity contribution is 6.01. The van der Waals surface area contributed by atoms with Crippen LogP contribution in [0.15, 0.2) is 55.1 Å². The number of rotatable bonds is 4. The molecule has 4 rings (SSSR count). The van der Waals surface area contributed by atoms with E-state index in [2.05, 4.69) is 25.5 Å². The Balaban J connectivity index is 1.49. The van der Waals surface area contributed by atoms with Gasteiger partial charge in [-0.2, -0.15) is 10.1 Å². The summed E-state index contributed by atoms with van der Waals surface area (Å²) in [6.07, 6.45) is 6.31. The van der Waals surface area contributed by atoms with Crippen molar-refractivity contribution in [3.8, 4) is 0 Å². The molecule has 124 valence electrons. The molecule has 0 aliphatic rings. The molecular formula is C16H12FN7O. The highest BCUT2D eigenvalue weighted by atomic mass is 19.1. The maximum atomic E-state index is 13.7. The number of hydrogen-bond acceptors (Lipinski definition) is 5. The molecule has 0 aliphatic heterocycles. The quantitative estimate of drug-likeness (QED) is 0.613. The monoisotopic (exact) mass is 337 g/mol. The Hall–Kier alpha value is -3.62. The lowest BCUT2D eigenvalue weighted by Crippen LogP contribution is -2.13. The van der Waals surface area contributed by atoms with Crippen LogP contribution in [0.2, 0.25) is 0 Å². The summed E-state index contributed by atoms with van der Waals surface area (Å²) in [5.74, 6) is -0.440. The Morgan fingerprint density at radius 2 is 2.12 bits per heavy atom. The number of amides is 1. The van der Waals surface area contributed by atoms with Crippen LogP contribution in [0.5, 0.6) is 0 Å². The molecule has 0 fully saturated rings. The van der Waals surface area contributed by atoms with E-state index in [9.17, 15) is 9.18 Å². The van der Waals surface area contributed by atoms with Crippen molar-refractivity contribution >= 4 is 17.4 Å². The van der Waals surface area contributed by atoms with Crippen LogP contribution in [0, 0.1) is 5.82 Å². The van der Waals surface area contributed by atoms with Gasteiger partial charge < -0.3 is 5.32 Å². The van der Waals surface area contributed by atoms with Gasteiger partial charge in [-0.05, 0) is 12.1 Å². The number of anilines is 1. The molecule has 0 aliphatic carbocycles. The molecule has 9 heteroatoms. The number of benzene rings is 1. The third-order valence-corrected chi connectivity index (χ3v) is 3.50. The number of halogens is 1. The van der Waals surface area contributed by atoms with Crippen molar-refractivity contribution in [2.24, 2.45) is 0 Å². The van der Waals surface area contributed by atoms with Crippen molar-refractivity contribution in [2.45, 2.75) is 6.54 Å². The Kier molecular flexibility index (Phi) is 3.65. The Bertz CT molecular complexity index is 1020. The van der Waals surface area contributed by atoms with E-state index >= 15 is 0 Å². The van der Waals surface area contributed by atoms with Gasteiger partial charge in [0.2, 0.25) is 5.82 Å². The van der Waals surface area contributed by atoms with E-state index in [0.29, 0.717) is 17.0 Å². The van der Waals surface area contributed by atoms with Gasteiger partial charge in [-0.3, -0.25) is 9.48 Å². The molecule has 0 spiro atoms. The van der Waals surface area contributed by atoms with Gasteiger partial charge in [0.25, 0.3) is 11.7 Å². The third-order valence-electron chi connectivity index (χ3n) is 3.50. The molecule has 0 bridgehead atoms. The predicted octanol–water partition coefficient (Wildman–Crippen LogP) is 1.76. The van der Waals surface area contributed by atoms with Gasteiger partial charge in [0.05, 0.1) is 18.4 Å². The van der Waals surface area contributed by atoms with Crippen LogP contribution in [0.3, 0.4) is 0 Å². The molecule has 3 heterocycles. The minimum atomic E-state index is -0.476. The molecule has 4 aromatic rings. The molecule has 0 saturated carbocycles. The van der Waals surface area contributed by atoms with E-state index < -0.39 is 5.91 Å². The van der Waals surface area contributed by atoms with Gasteiger partial charge >= 0.3 is 0 Å². The fourth-order valence-corrected chi connectivity index (χ4v) is 2.33. The van der Waals surface area contributed by atoms with E-state index in [1.807, 2.05) is 0 Å². The van der Waals surface area contributed by atoms with Crippen LogP contribution in [0.25, 0.3) is 5.78 Å². The third kappa shape index (κ3) is 3.07. The summed E-state index contributed by atoms with van der Waals surface area (Å²) in [6.45, 7) is 0.263. The van der Waals surface area contributed by atoms with Crippen LogP contribution in [-0.2, 0) is 6.54 Å². The summed E-state index contributed by atoms with van der Waals surface area (Å²) in [7, 11) is 0. The van der Waals surface area contributed by atoms with Crippen LogP contribution >= 0.6 is 0 Å². The molecule has 25 heavy (non-hydrogen) atoms. The van der Waals surface area contributed by atoms with E-state index in [0.717, 1.165) is 0 Å². The van der Waals surface area contributed by atoms with Crippen molar-refractivity contribution in [3.05, 3.63) is 72.3 Å². The maximum Gasteiger partial charge on any atom is 0.295 e. The molecule has 3 aromatic heterocycles. The summed E-state index contributed by atoms with van der Waals surface area (Å²) in [4.78, 5) is 20.3. The molecule has 0 saturated heterocycles. The number of carbonyl (C=O) groups excluding carboxylic acids is 1. The van der Waals surface area contributed by atoms with Crippen molar-refractivity contribution in [1.29, 1.82) is 0 Å². The molecule has 8 nitrogen and oxygen atoms in total. The number of nitrogens with one attached hydrogen (secondary N) is 1. The lowest BCUT2D eigenvalue weighted by molar-refractivity contribution is 0.101. The van der Waals surface area contributed by atoms with Crippen molar-refractivity contribution in [1.82, 2.24) is 29.4 Å². The highest BCUT2D eigenvalue weighted by Gasteiger charge is 2.14. The van der Waals surface area contributed by atoms with Gasteiger partial charge in [0.15, 0.2) is 0 Å². The maximum absolute atomic E-state index is 13.7. The first-order valence-corrected chi connectivity index (χ1v) is 7.44. The van der Waals surface area contributed by atoms with Crippen molar-refractivity contribution < 1.29 is 9.18 Å². The Labute approximate surface area is 141 Å². The second-order valence-corrected chi connectivity index (χ2v) is 5.27. The van der Waals surface area contributed by atoms with Crippen LogP contribution in [0.4, 0.5) is 10.1 Å². The SMILES string of the molecule is O=C(Nc1cnn(Cc2ccccc2F)c1)c1nc2ncccn2n1. The normalized spacial score (nSPS) is 10.9. The fraction of sp³-hybridized carbons (Fsp3) is 0.0625. The largest absolute Gasteiger partial charge is 0.316 e. The van der Waals surface area contributed by atoms with E-state index in [4.69, 9.17) is 0 Å². The first-order chi connectivity index (χ1) is 12.2. The standard InChI is InChI=1S/C16H12FN7O/c17-13-5-2-1-4-11(13)9-23-10-12(8-19-23)20-15(25)14-21-16-18-6-3-7-24(16)22-14/h1-8,10H,9H2,(H,20,25). The summed E-state index contributed by atoms with van der Waals surface area (Å²) in [6, 6.07) is 8.15. The molecular weight excluding hydrogens is 325 g/mol. The number of fused-ring (bicyclic) bond motifs is 1. The first kappa shape index (κ1) is 14.9. The van der Waals surface area contributed by atoms with Gasteiger partial charge in [-0.15, -0.1) is 5.10 Å². The van der Waals surface area contributed by atoms with Gasteiger partial charge in [0, 0.05) is 24.2 Å². The summed E-state index contributed by atoms with van der Waals surface area (Å²) in [5.41, 5.74) is 0.977. The summed E-state index contributed by atoms with van der Waals surface area (Å²) >= 11 is 0. The van der Waals surface area contributed by atoms with Crippen LogP contribution < -0.4 is 5.32 Å². The lowest BCUT2D eigenvalue weighted by atomic mass is 10.2. The van der Waals surface area contributed by atoms with Gasteiger partial charge in [-0.1, -0.05) is 18.2 Å². The zero-order valence-electron chi connectivity index (χ0n) is 12.9. The first-order valence-electron chi connectivity index (χ1n) is 7.44. The lowest BCUT2D eigenvalue weighted by Gasteiger charge is -2.02. The zero-order chi connectivity index (χ0) is 17.2. The number of hydrogen-bond donors (Lipinski definition) is 1. The molecule has 1 N–H and O–H groups in total. The van der Waals surface area contributed by atoms with E-state index in [1.165, 1.54) is 21.5 Å².